The fourth-order valence-corrected chi connectivity index (χ4v) is 4.37. The Morgan fingerprint density at radius 2 is 1.78 bits per heavy atom. The van der Waals surface area contributed by atoms with Crippen molar-refractivity contribution in [3.63, 3.8) is 0 Å². The van der Waals surface area contributed by atoms with E-state index in [1.165, 1.54) is 22.7 Å². The van der Waals surface area contributed by atoms with E-state index in [2.05, 4.69) is 0 Å². The van der Waals surface area contributed by atoms with Crippen LogP contribution in [0.5, 0.6) is 0 Å². The van der Waals surface area contributed by atoms with Crippen LogP contribution in [-0.4, -0.2) is 38.8 Å². The van der Waals surface area contributed by atoms with Gasteiger partial charge in [0, 0.05) is 9.79 Å². The van der Waals surface area contributed by atoms with Crippen molar-refractivity contribution >= 4 is 29.0 Å². The Morgan fingerprint density at radius 3 is 2.52 bits per heavy atom. The highest BCUT2D eigenvalue weighted by molar-refractivity contribution is 7.99. The molecule has 0 spiro atoms. The van der Waals surface area contributed by atoms with Crippen molar-refractivity contribution in [1.29, 1.82) is 0 Å². The zero-order chi connectivity index (χ0) is 19.0. The molecule has 0 atom stereocenters. The van der Waals surface area contributed by atoms with Crippen molar-refractivity contribution in [1.82, 2.24) is 0 Å². The van der Waals surface area contributed by atoms with Gasteiger partial charge < -0.3 is 9.64 Å². The van der Waals surface area contributed by atoms with E-state index in [1.54, 1.807) is 12.1 Å². The average Bonchev–Trinajstić information content (AvgIpc) is 2.65. The molecule has 4 rings (SSSR count). The molecule has 0 unspecified atom stereocenters. The Bertz CT molecular complexity index is 866. The molecule has 2 aromatic carbocycles. The second-order valence-electron chi connectivity index (χ2n) is 6.52. The number of hydrogen-bond donors (Lipinski definition) is 1. The molecule has 2 aromatic rings. The van der Waals surface area contributed by atoms with Gasteiger partial charge in [0.05, 0.1) is 30.2 Å². The van der Waals surface area contributed by atoms with Crippen molar-refractivity contribution in [2.45, 2.75) is 16.0 Å². The molecule has 2 heterocycles. The molecule has 1 saturated heterocycles. The van der Waals surface area contributed by atoms with Gasteiger partial charge in [0.2, 0.25) is 0 Å². The minimum Gasteiger partial charge on any atom is -0.370 e. The Labute approximate surface area is 158 Å². The number of fused-ring (bicyclic) bond motifs is 2. The predicted molar refractivity (Wildman–Crippen MR) is 95.5 cm³/mol. The Morgan fingerprint density at radius 1 is 1.07 bits per heavy atom. The lowest BCUT2D eigenvalue weighted by atomic mass is 10.1. The van der Waals surface area contributed by atoms with Crippen LogP contribution in [0.15, 0.2) is 52.3 Å². The van der Waals surface area contributed by atoms with Crippen LogP contribution in [0.2, 0.25) is 0 Å². The number of hydrogen-bond acceptors (Lipinski definition) is 3. The third-order valence-electron chi connectivity index (χ3n) is 4.70. The zero-order valence-corrected chi connectivity index (χ0v) is 15.2. The number of carbonyl (C=O) groups excluding carboxylic acids is 1. The third-order valence-corrected chi connectivity index (χ3v) is 5.83. The third kappa shape index (κ3) is 3.69. The molecule has 27 heavy (non-hydrogen) atoms. The maximum Gasteiger partial charge on any atom is 0.416 e. The number of benzene rings is 2. The number of alkyl halides is 3. The number of para-hydroxylation sites is 1. The second kappa shape index (κ2) is 7.18. The molecule has 2 aliphatic heterocycles. The van der Waals surface area contributed by atoms with E-state index in [4.69, 9.17) is 4.74 Å². The Kier molecular flexibility index (Phi) is 4.88. The number of quaternary nitrogens is 1. The molecule has 142 valence electrons. The van der Waals surface area contributed by atoms with Crippen LogP contribution in [0.1, 0.15) is 5.56 Å². The quantitative estimate of drug-likeness (QED) is 0.849. The van der Waals surface area contributed by atoms with Crippen LogP contribution in [-0.2, 0) is 15.7 Å². The number of nitrogens with zero attached hydrogens (tertiary/aromatic N) is 1. The van der Waals surface area contributed by atoms with Gasteiger partial charge in [-0.15, -0.1) is 0 Å². The molecule has 1 fully saturated rings. The fourth-order valence-electron chi connectivity index (χ4n) is 3.33. The molecule has 0 bridgehead atoms. The summed E-state index contributed by atoms with van der Waals surface area (Å²) in [7, 11) is 0. The fraction of sp³-hybridized carbons (Fsp3) is 0.316. The molecule has 0 saturated carbocycles. The standard InChI is InChI=1S/C19H17F3N2O2S/c20-19(21,22)13-5-6-17-15(11-13)24(14-3-1-2-4-16(14)27-17)18(25)12-23-7-9-26-10-8-23/h1-6,11H,7-10,12H2/p+1. The summed E-state index contributed by atoms with van der Waals surface area (Å²) in [6, 6.07) is 10.9. The van der Waals surface area contributed by atoms with E-state index >= 15 is 0 Å². The van der Waals surface area contributed by atoms with Gasteiger partial charge in [-0.1, -0.05) is 23.9 Å². The number of anilines is 2. The normalized spacial score (nSPS) is 17.4. The van der Waals surface area contributed by atoms with Gasteiger partial charge >= 0.3 is 6.18 Å². The van der Waals surface area contributed by atoms with Crippen molar-refractivity contribution in [2.75, 3.05) is 37.7 Å². The summed E-state index contributed by atoms with van der Waals surface area (Å²) in [5.41, 5.74) is 0.177. The molecular weight excluding hydrogens is 377 g/mol. The first-order chi connectivity index (χ1) is 12.9. The molecule has 0 aromatic heterocycles. The number of ether oxygens (including phenoxy) is 1. The predicted octanol–water partition coefficient (Wildman–Crippen LogP) is 2.75. The number of halogens is 3. The topological polar surface area (TPSA) is 34.0 Å². The maximum atomic E-state index is 13.2. The molecule has 2 aliphatic rings. The van der Waals surface area contributed by atoms with Crippen molar-refractivity contribution in [3.8, 4) is 0 Å². The van der Waals surface area contributed by atoms with E-state index in [1.807, 2.05) is 12.1 Å². The molecule has 0 aliphatic carbocycles. The van der Waals surface area contributed by atoms with Gasteiger partial charge in [0.15, 0.2) is 6.54 Å². The molecule has 1 amide bonds. The second-order valence-corrected chi connectivity index (χ2v) is 7.60. The van der Waals surface area contributed by atoms with Crippen LogP contribution < -0.4 is 9.80 Å². The first kappa shape index (κ1) is 18.3. The van der Waals surface area contributed by atoms with Crippen LogP contribution in [0.4, 0.5) is 24.5 Å². The van der Waals surface area contributed by atoms with Crippen molar-refractivity contribution < 1.29 is 27.6 Å². The largest absolute Gasteiger partial charge is 0.416 e. The summed E-state index contributed by atoms with van der Waals surface area (Å²) in [6.07, 6.45) is -4.46. The molecular formula is C19H18F3N2O2S+. The lowest BCUT2D eigenvalue weighted by Crippen LogP contribution is -3.15. The van der Waals surface area contributed by atoms with Gasteiger partial charge in [-0.2, -0.15) is 13.2 Å². The SMILES string of the molecule is O=C(C[NH+]1CCOCC1)N1c2ccccc2Sc2ccc(C(F)(F)F)cc21. The van der Waals surface area contributed by atoms with E-state index < -0.39 is 11.7 Å². The number of morpholine rings is 1. The van der Waals surface area contributed by atoms with E-state index in [-0.39, 0.29) is 12.5 Å². The van der Waals surface area contributed by atoms with Gasteiger partial charge in [-0.3, -0.25) is 9.69 Å². The zero-order valence-electron chi connectivity index (χ0n) is 14.4. The van der Waals surface area contributed by atoms with Crippen LogP contribution in [0, 0.1) is 0 Å². The van der Waals surface area contributed by atoms with Crippen LogP contribution >= 0.6 is 11.8 Å². The van der Waals surface area contributed by atoms with Gasteiger partial charge in [0.25, 0.3) is 5.91 Å². The Hall–Kier alpha value is -2.03. The maximum absolute atomic E-state index is 13.2. The molecule has 4 nitrogen and oxygen atoms in total. The summed E-state index contributed by atoms with van der Waals surface area (Å²) in [6.45, 7) is 2.82. The van der Waals surface area contributed by atoms with Crippen molar-refractivity contribution in [3.05, 3.63) is 48.0 Å². The minimum absolute atomic E-state index is 0.208. The number of nitrogens with one attached hydrogen (secondary N) is 1. The highest BCUT2D eigenvalue weighted by Gasteiger charge is 2.35. The summed E-state index contributed by atoms with van der Waals surface area (Å²) >= 11 is 1.38. The van der Waals surface area contributed by atoms with Crippen molar-refractivity contribution in [2.24, 2.45) is 0 Å². The van der Waals surface area contributed by atoms with E-state index in [9.17, 15) is 18.0 Å². The van der Waals surface area contributed by atoms with Crippen LogP contribution in [0.3, 0.4) is 0 Å². The minimum atomic E-state index is -4.46. The van der Waals surface area contributed by atoms with Crippen LogP contribution in [0.25, 0.3) is 0 Å². The van der Waals surface area contributed by atoms with Gasteiger partial charge in [0.1, 0.15) is 13.1 Å². The lowest BCUT2D eigenvalue weighted by molar-refractivity contribution is -0.900. The number of amides is 1. The molecule has 0 radical (unpaired) electrons. The summed E-state index contributed by atoms with van der Waals surface area (Å²) in [5, 5.41) is 0. The summed E-state index contributed by atoms with van der Waals surface area (Å²) in [4.78, 5) is 17.2. The monoisotopic (exact) mass is 395 g/mol. The summed E-state index contributed by atoms with van der Waals surface area (Å²) < 4.78 is 45.0. The molecule has 8 heteroatoms. The van der Waals surface area contributed by atoms with E-state index in [0.29, 0.717) is 42.6 Å². The summed E-state index contributed by atoms with van der Waals surface area (Å²) in [5.74, 6) is -0.208. The first-order valence-corrected chi connectivity index (χ1v) is 9.47. The van der Waals surface area contributed by atoms with Gasteiger partial charge in [-0.05, 0) is 30.3 Å². The smallest absolute Gasteiger partial charge is 0.370 e. The van der Waals surface area contributed by atoms with Gasteiger partial charge in [-0.25, -0.2) is 0 Å². The van der Waals surface area contributed by atoms with E-state index in [0.717, 1.165) is 21.9 Å². The lowest BCUT2D eigenvalue weighted by Gasteiger charge is -2.33. The molecule has 1 N–H and O–H groups in total. The first-order valence-electron chi connectivity index (χ1n) is 8.66. The highest BCUT2D eigenvalue weighted by Crippen LogP contribution is 2.49. The Balaban J connectivity index is 1.73. The highest BCUT2D eigenvalue weighted by atomic mass is 32.2. The number of rotatable bonds is 2. The average molecular weight is 395 g/mol. The number of carbonyl (C=O) groups is 1.